The third kappa shape index (κ3) is 4.61. The summed E-state index contributed by atoms with van der Waals surface area (Å²) in [4.78, 5) is 33.8. The molecule has 0 saturated carbocycles. The first-order valence-corrected chi connectivity index (χ1v) is 9.17. The van der Waals surface area contributed by atoms with Crippen LogP contribution < -0.4 is 5.32 Å². The third-order valence-corrected chi connectivity index (χ3v) is 5.13. The van der Waals surface area contributed by atoms with Crippen molar-refractivity contribution in [3.63, 3.8) is 0 Å². The Kier molecular flexibility index (Phi) is 5.86. The zero-order valence-corrected chi connectivity index (χ0v) is 15.3. The van der Waals surface area contributed by atoms with Gasteiger partial charge in [0.1, 0.15) is 5.01 Å². The number of aromatic nitrogens is 2. The van der Waals surface area contributed by atoms with E-state index < -0.39 is 0 Å². The molecule has 1 aromatic carbocycles. The molecule has 0 saturated heterocycles. The van der Waals surface area contributed by atoms with Crippen molar-refractivity contribution < 1.29 is 9.59 Å². The molecule has 132 valence electrons. The van der Waals surface area contributed by atoms with Crippen molar-refractivity contribution in [3.8, 4) is 10.6 Å². The highest BCUT2D eigenvalue weighted by atomic mass is 32.1. The first kappa shape index (κ1) is 17.9. The topological polar surface area (TPSA) is 72.0 Å². The molecule has 2 heterocycles. The average molecular weight is 365 g/mol. The molecule has 3 aromatic rings. The molecule has 0 aliphatic heterocycles. The number of carbonyl (C=O) groups is 2. The van der Waals surface area contributed by atoms with Crippen LogP contribution in [0, 0.1) is 6.92 Å². The fourth-order valence-corrected chi connectivity index (χ4v) is 3.46. The number of hydrogen-bond acceptors (Lipinski definition) is 5. The SMILES string of the molecule is Cc1nc(-c2cccnc2)sc1CNC(=O)CCC(=O)c1ccccc1. The van der Waals surface area contributed by atoms with Gasteiger partial charge in [-0.1, -0.05) is 30.3 Å². The molecule has 0 radical (unpaired) electrons. The highest BCUT2D eigenvalue weighted by molar-refractivity contribution is 7.15. The van der Waals surface area contributed by atoms with Crippen LogP contribution in [0.25, 0.3) is 10.6 Å². The van der Waals surface area contributed by atoms with Crippen molar-refractivity contribution in [2.75, 3.05) is 0 Å². The summed E-state index contributed by atoms with van der Waals surface area (Å²) in [5.41, 5.74) is 2.50. The third-order valence-electron chi connectivity index (χ3n) is 3.92. The second-order valence-electron chi connectivity index (χ2n) is 5.84. The summed E-state index contributed by atoms with van der Waals surface area (Å²) in [7, 11) is 0. The van der Waals surface area contributed by atoms with E-state index in [9.17, 15) is 9.59 Å². The van der Waals surface area contributed by atoms with E-state index in [0.717, 1.165) is 21.1 Å². The normalized spacial score (nSPS) is 10.5. The van der Waals surface area contributed by atoms with Gasteiger partial charge >= 0.3 is 0 Å². The van der Waals surface area contributed by atoms with Gasteiger partial charge in [0, 0.05) is 41.2 Å². The number of pyridine rings is 1. The van der Waals surface area contributed by atoms with E-state index in [1.807, 2.05) is 37.3 Å². The minimum Gasteiger partial charge on any atom is -0.351 e. The van der Waals surface area contributed by atoms with Gasteiger partial charge in [0.15, 0.2) is 5.78 Å². The quantitative estimate of drug-likeness (QED) is 0.647. The number of nitrogens with zero attached hydrogens (tertiary/aromatic N) is 2. The average Bonchev–Trinajstić information content (AvgIpc) is 3.06. The van der Waals surface area contributed by atoms with Gasteiger partial charge in [-0.2, -0.15) is 0 Å². The molecule has 0 atom stereocenters. The highest BCUT2D eigenvalue weighted by Crippen LogP contribution is 2.27. The zero-order chi connectivity index (χ0) is 18.4. The van der Waals surface area contributed by atoms with Gasteiger partial charge in [-0.25, -0.2) is 4.98 Å². The highest BCUT2D eigenvalue weighted by Gasteiger charge is 2.12. The summed E-state index contributed by atoms with van der Waals surface area (Å²) in [6.07, 6.45) is 3.89. The molecule has 1 amide bonds. The zero-order valence-electron chi connectivity index (χ0n) is 14.4. The molecule has 6 heteroatoms. The van der Waals surface area contributed by atoms with Gasteiger partial charge in [0.2, 0.25) is 5.91 Å². The second-order valence-corrected chi connectivity index (χ2v) is 6.92. The molecule has 3 rings (SSSR count). The van der Waals surface area contributed by atoms with E-state index in [0.29, 0.717) is 12.1 Å². The first-order valence-electron chi connectivity index (χ1n) is 8.35. The van der Waals surface area contributed by atoms with Crippen molar-refractivity contribution in [1.82, 2.24) is 15.3 Å². The Hall–Kier alpha value is -2.86. The first-order chi connectivity index (χ1) is 12.6. The lowest BCUT2D eigenvalue weighted by atomic mass is 10.1. The predicted octanol–water partition coefficient (Wildman–Crippen LogP) is 3.79. The van der Waals surface area contributed by atoms with Crippen molar-refractivity contribution in [1.29, 1.82) is 0 Å². The Labute approximate surface area is 156 Å². The van der Waals surface area contributed by atoms with E-state index in [2.05, 4.69) is 15.3 Å². The molecule has 0 unspecified atom stereocenters. The van der Waals surface area contributed by atoms with Gasteiger partial charge in [-0.05, 0) is 19.1 Å². The molecule has 0 fully saturated rings. The number of ketones is 1. The summed E-state index contributed by atoms with van der Waals surface area (Å²) in [5, 5.41) is 3.76. The summed E-state index contributed by atoms with van der Waals surface area (Å²) in [5.74, 6) is -0.154. The molecular formula is C20H19N3O2S. The Bertz CT molecular complexity index is 892. The predicted molar refractivity (Wildman–Crippen MR) is 102 cm³/mol. The Morgan fingerprint density at radius 3 is 2.62 bits per heavy atom. The number of hydrogen-bond donors (Lipinski definition) is 1. The van der Waals surface area contributed by atoms with E-state index in [4.69, 9.17) is 0 Å². The maximum atomic E-state index is 12.1. The van der Waals surface area contributed by atoms with Crippen LogP contribution >= 0.6 is 11.3 Å². The van der Waals surface area contributed by atoms with Crippen LogP contribution in [0.4, 0.5) is 0 Å². The number of amides is 1. The molecule has 1 N–H and O–H groups in total. The van der Waals surface area contributed by atoms with E-state index >= 15 is 0 Å². The van der Waals surface area contributed by atoms with Crippen LogP contribution in [0.5, 0.6) is 0 Å². The number of carbonyl (C=O) groups excluding carboxylic acids is 2. The molecule has 26 heavy (non-hydrogen) atoms. The Morgan fingerprint density at radius 2 is 1.88 bits per heavy atom. The molecule has 0 spiro atoms. The van der Waals surface area contributed by atoms with Gasteiger partial charge < -0.3 is 5.32 Å². The van der Waals surface area contributed by atoms with Gasteiger partial charge in [-0.3, -0.25) is 14.6 Å². The number of rotatable bonds is 7. The summed E-state index contributed by atoms with van der Waals surface area (Å²) in [6, 6.07) is 12.9. The van der Waals surface area contributed by atoms with E-state index in [1.165, 1.54) is 0 Å². The fourth-order valence-electron chi connectivity index (χ4n) is 2.47. The molecule has 0 aliphatic carbocycles. The number of benzene rings is 1. The van der Waals surface area contributed by atoms with Crippen LogP contribution in [0.1, 0.15) is 33.8 Å². The van der Waals surface area contributed by atoms with E-state index in [-0.39, 0.29) is 24.5 Å². The Balaban J connectivity index is 1.52. The van der Waals surface area contributed by atoms with Gasteiger partial charge in [-0.15, -0.1) is 11.3 Å². The largest absolute Gasteiger partial charge is 0.351 e. The Morgan fingerprint density at radius 1 is 1.08 bits per heavy atom. The van der Waals surface area contributed by atoms with Crippen molar-refractivity contribution >= 4 is 23.0 Å². The van der Waals surface area contributed by atoms with Crippen LogP contribution in [0.2, 0.25) is 0 Å². The molecule has 0 aliphatic rings. The minimum atomic E-state index is -0.134. The van der Waals surface area contributed by atoms with Crippen molar-refractivity contribution in [2.24, 2.45) is 0 Å². The summed E-state index contributed by atoms with van der Waals surface area (Å²) in [6.45, 7) is 2.35. The second kappa shape index (κ2) is 8.49. The minimum absolute atomic E-state index is 0.0198. The van der Waals surface area contributed by atoms with Crippen LogP contribution in [0.3, 0.4) is 0 Å². The number of aryl methyl sites for hydroxylation is 1. The van der Waals surface area contributed by atoms with Crippen LogP contribution in [-0.4, -0.2) is 21.7 Å². The van der Waals surface area contributed by atoms with Crippen molar-refractivity contribution in [2.45, 2.75) is 26.3 Å². The molecule has 2 aromatic heterocycles. The molecule has 0 bridgehead atoms. The smallest absolute Gasteiger partial charge is 0.220 e. The number of nitrogens with one attached hydrogen (secondary N) is 1. The monoisotopic (exact) mass is 365 g/mol. The lowest BCUT2D eigenvalue weighted by Gasteiger charge is -2.04. The lowest BCUT2D eigenvalue weighted by molar-refractivity contribution is -0.121. The van der Waals surface area contributed by atoms with Crippen LogP contribution in [0.15, 0.2) is 54.9 Å². The number of thiazole rings is 1. The van der Waals surface area contributed by atoms with Gasteiger partial charge in [0.05, 0.1) is 12.2 Å². The standard InChI is InChI=1S/C20H19N3O2S/c1-14-18(26-20(23-14)16-8-5-11-21-12-16)13-22-19(25)10-9-17(24)15-6-3-2-4-7-15/h2-8,11-12H,9-10,13H2,1H3,(H,22,25). The lowest BCUT2D eigenvalue weighted by Crippen LogP contribution is -2.23. The summed E-state index contributed by atoms with van der Waals surface area (Å²) >= 11 is 1.54. The maximum absolute atomic E-state index is 12.1. The summed E-state index contributed by atoms with van der Waals surface area (Å²) < 4.78 is 0. The fraction of sp³-hybridized carbons (Fsp3) is 0.200. The van der Waals surface area contributed by atoms with Crippen molar-refractivity contribution in [3.05, 3.63) is 71.0 Å². The molecular weight excluding hydrogens is 346 g/mol. The molecule has 5 nitrogen and oxygen atoms in total. The maximum Gasteiger partial charge on any atom is 0.220 e. The van der Waals surface area contributed by atoms with Crippen LogP contribution in [-0.2, 0) is 11.3 Å². The van der Waals surface area contributed by atoms with E-state index in [1.54, 1.807) is 35.9 Å². The number of Topliss-reactive ketones (excluding diaryl/α,β-unsaturated/α-hetero) is 1. The van der Waals surface area contributed by atoms with Gasteiger partial charge in [0.25, 0.3) is 0 Å².